The maximum atomic E-state index is 11.1. The zero-order valence-corrected chi connectivity index (χ0v) is 10.5. The molecule has 0 aliphatic carbocycles. The summed E-state index contributed by atoms with van der Waals surface area (Å²) in [5.41, 5.74) is 0. The summed E-state index contributed by atoms with van der Waals surface area (Å²) in [6.45, 7) is 1.37. The standard InChI is InChI=1S/C14H14O4/c1-9(15)18-12-8-13(16-2)14(17-3)11-7-5-4-6-10(11)12/h4-8H,1-3H3. The molecular formula is C14H14O4. The number of hydrogen-bond acceptors (Lipinski definition) is 4. The van der Waals surface area contributed by atoms with Crippen molar-refractivity contribution in [2.75, 3.05) is 14.2 Å². The second-order valence-electron chi connectivity index (χ2n) is 3.75. The lowest BCUT2D eigenvalue weighted by molar-refractivity contribution is -0.131. The van der Waals surface area contributed by atoms with Crippen LogP contribution in [-0.4, -0.2) is 20.2 Å². The predicted octanol–water partition coefficient (Wildman–Crippen LogP) is 2.78. The van der Waals surface area contributed by atoms with Crippen LogP contribution in [0.2, 0.25) is 0 Å². The highest BCUT2D eigenvalue weighted by Gasteiger charge is 2.14. The molecule has 4 heteroatoms. The Labute approximate surface area is 105 Å². The summed E-state index contributed by atoms with van der Waals surface area (Å²) in [6.07, 6.45) is 0. The topological polar surface area (TPSA) is 44.8 Å². The lowest BCUT2D eigenvalue weighted by atomic mass is 10.1. The molecule has 0 heterocycles. The Morgan fingerprint density at radius 1 is 1.00 bits per heavy atom. The van der Waals surface area contributed by atoms with Crippen LogP contribution in [0.25, 0.3) is 10.8 Å². The molecule has 2 rings (SSSR count). The predicted molar refractivity (Wildman–Crippen MR) is 68.4 cm³/mol. The molecule has 0 aliphatic rings. The molecule has 2 aromatic rings. The zero-order valence-electron chi connectivity index (χ0n) is 10.5. The van der Waals surface area contributed by atoms with Gasteiger partial charge in [-0.05, 0) is 0 Å². The fourth-order valence-electron chi connectivity index (χ4n) is 1.89. The van der Waals surface area contributed by atoms with Crippen LogP contribution in [0.1, 0.15) is 6.92 Å². The van der Waals surface area contributed by atoms with Gasteiger partial charge in [-0.25, -0.2) is 0 Å². The first-order valence-electron chi connectivity index (χ1n) is 5.49. The third-order valence-corrected chi connectivity index (χ3v) is 2.60. The van der Waals surface area contributed by atoms with Crippen LogP contribution in [0.3, 0.4) is 0 Å². The Morgan fingerprint density at radius 2 is 1.67 bits per heavy atom. The van der Waals surface area contributed by atoms with Gasteiger partial charge in [-0.3, -0.25) is 4.79 Å². The van der Waals surface area contributed by atoms with E-state index in [0.29, 0.717) is 17.2 Å². The Bertz CT molecular complexity index is 590. The van der Waals surface area contributed by atoms with Crippen LogP contribution in [0.4, 0.5) is 0 Å². The van der Waals surface area contributed by atoms with Crippen molar-refractivity contribution >= 4 is 16.7 Å². The maximum Gasteiger partial charge on any atom is 0.308 e. The second-order valence-corrected chi connectivity index (χ2v) is 3.75. The van der Waals surface area contributed by atoms with Gasteiger partial charge in [-0.2, -0.15) is 0 Å². The van der Waals surface area contributed by atoms with Crippen LogP contribution in [-0.2, 0) is 4.79 Å². The molecule has 0 saturated heterocycles. The van der Waals surface area contributed by atoms with Gasteiger partial charge in [0.1, 0.15) is 5.75 Å². The molecule has 0 saturated carbocycles. The molecule has 94 valence electrons. The Kier molecular flexibility index (Phi) is 3.37. The molecule has 0 bridgehead atoms. The average Bonchev–Trinajstić information content (AvgIpc) is 2.37. The van der Waals surface area contributed by atoms with Crippen LogP contribution >= 0.6 is 0 Å². The molecule has 18 heavy (non-hydrogen) atoms. The third kappa shape index (κ3) is 2.09. The molecule has 4 nitrogen and oxygen atoms in total. The van der Waals surface area contributed by atoms with Crippen molar-refractivity contribution in [3.8, 4) is 17.2 Å². The SMILES string of the molecule is COc1cc(OC(C)=O)c2ccccc2c1OC. The monoisotopic (exact) mass is 246 g/mol. The number of methoxy groups -OCH3 is 2. The first-order chi connectivity index (χ1) is 8.67. The molecule has 0 aromatic heterocycles. The quantitative estimate of drug-likeness (QED) is 0.617. The Balaban J connectivity index is 2.75. The van der Waals surface area contributed by atoms with E-state index in [1.807, 2.05) is 24.3 Å². The van der Waals surface area contributed by atoms with E-state index >= 15 is 0 Å². The molecule has 0 spiro atoms. The molecule has 0 N–H and O–H groups in total. The van der Waals surface area contributed by atoms with E-state index in [-0.39, 0.29) is 5.97 Å². The average molecular weight is 246 g/mol. The van der Waals surface area contributed by atoms with Crippen molar-refractivity contribution in [2.45, 2.75) is 6.92 Å². The largest absolute Gasteiger partial charge is 0.493 e. The minimum absolute atomic E-state index is 0.368. The van der Waals surface area contributed by atoms with Gasteiger partial charge in [0.2, 0.25) is 0 Å². The molecular weight excluding hydrogens is 232 g/mol. The molecule has 2 aromatic carbocycles. The van der Waals surface area contributed by atoms with Crippen LogP contribution in [0, 0.1) is 0 Å². The summed E-state index contributed by atoms with van der Waals surface area (Å²) in [5.74, 6) is 1.26. The van der Waals surface area contributed by atoms with Crippen molar-refractivity contribution < 1.29 is 19.0 Å². The van der Waals surface area contributed by atoms with Gasteiger partial charge in [0.25, 0.3) is 0 Å². The number of fused-ring (bicyclic) bond motifs is 1. The van der Waals surface area contributed by atoms with E-state index in [1.165, 1.54) is 6.92 Å². The zero-order chi connectivity index (χ0) is 13.1. The highest BCUT2D eigenvalue weighted by atomic mass is 16.5. The molecule has 0 atom stereocenters. The Hall–Kier alpha value is -2.23. The number of ether oxygens (including phenoxy) is 3. The molecule has 0 unspecified atom stereocenters. The first-order valence-corrected chi connectivity index (χ1v) is 5.49. The van der Waals surface area contributed by atoms with Gasteiger partial charge >= 0.3 is 5.97 Å². The normalized spacial score (nSPS) is 10.2. The van der Waals surface area contributed by atoms with Gasteiger partial charge in [0.15, 0.2) is 11.5 Å². The number of carbonyl (C=O) groups excluding carboxylic acids is 1. The highest BCUT2D eigenvalue weighted by Crippen LogP contribution is 2.41. The number of rotatable bonds is 3. The Morgan fingerprint density at radius 3 is 2.22 bits per heavy atom. The van der Waals surface area contributed by atoms with Crippen LogP contribution in [0.5, 0.6) is 17.2 Å². The van der Waals surface area contributed by atoms with E-state index in [0.717, 1.165) is 10.8 Å². The lowest BCUT2D eigenvalue weighted by Crippen LogP contribution is -2.03. The number of carbonyl (C=O) groups is 1. The number of esters is 1. The molecule has 0 fully saturated rings. The smallest absolute Gasteiger partial charge is 0.308 e. The van der Waals surface area contributed by atoms with E-state index in [4.69, 9.17) is 14.2 Å². The molecule has 0 amide bonds. The van der Waals surface area contributed by atoms with E-state index < -0.39 is 0 Å². The second kappa shape index (κ2) is 4.96. The van der Waals surface area contributed by atoms with Crippen LogP contribution < -0.4 is 14.2 Å². The summed E-state index contributed by atoms with van der Waals surface area (Å²) < 4.78 is 15.8. The van der Waals surface area contributed by atoms with Crippen molar-refractivity contribution in [3.63, 3.8) is 0 Å². The minimum Gasteiger partial charge on any atom is -0.493 e. The fraction of sp³-hybridized carbons (Fsp3) is 0.214. The van der Waals surface area contributed by atoms with Gasteiger partial charge in [-0.15, -0.1) is 0 Å². The van der Waals surface area contributed by atoms with Crippen molar-refractivity contribution in [1.82, 2.24) is 0 Å². The third-order valence-electron chi connectivity index (χ3n) is 2.60. The van der Waals surface area contributed by atoms with E-state index in [9.17, 15) is 4.79 Å². The summed E-state index contributed by atoms with van der Waals surface area (Å²) in [5, 5.41) is 1.65. The fourth-order valence-corrected chi connectivity index (χ4v) is 1.89. The summed E-state index contributed by atoms with van der Waals surface area (Å²) >= 11 is 0. The van der Waals surface area contributed by atoms with Gasteiger partial charge in [-0.1, -0.05) is 24.3 Å². The number of hydrogen-bond donors (Lipinski definition) is 0. The lowest BCUT2D eigenvalue weighted by Gasteiger charge is -2.13. The maximum absolute atomic E-state index is 11.1. The highest BCUT2D eigenvalue weighted by molar-refractivity contribution is 5.96. The van der Waals surface area contributed by atoms with E-state index in [2.05, 4.69) is 0 Å². The van der Waals surface area contributed by atoms with Crippen molar-refractivity contribution in [2.24, 2.45) is 0 Å². The molecule has 0 aliphatic heterocycles. The van der Waals surface area contributed by atoms with E-state index in [1.54, 1.807) is 20.3 Å². The van der Waals surface area contributed by atoms with Gasteiger partial charge < -0.3 is 14.2 Å². The van der Waals surface area contributed by atoms with Crippen LogP contribution in [0.15, 0.2) is 30.3 Å². The molecule has 0 radical (unpaired) electrons. The summed E-state index contributed by atoms with van der Waals surface area (Å²) in [4.78, 5) is 11.1. The van der Waals surface area contributed by atoms with Gasteiger partial charge in [0.05, 0.1) is 14.2 Å². The summed E-state index contributed by atoms with van der Waals surface area (Å²) in [7, 11) is 3.12. The first kappa shape index (κ1) is 12.2. The van der Waals surface area contributed by atoms with Crippen molar-refractivity contribution in [1.29, 1.82) is 0 Å². The minimum atomic E-state index is -0.368. The number of benzene rings is 2. The summed E-state index contributed by atoms with van der Waals surface area (Å²) in [6, 6.07) is 9.19. The van der Waals surface area contributed by atoms with Gasteiger partial charge in [0, 0.05) is 23.8 Å². The van der Waals surface area contributed by atoms with Crippen molar-refractivity contribution in [3.05, 3.63) is 30.3 Å².